The minimum absolute atomic E-state index is 0.0760. The van der Waals surface area contributed by atoms with Crippen molar-refractivity contribution >= 4 is 62.9 Å². The van der Waals surface area contributed by atoms with E-state index in [2.05, 4.69) is 4.98 Å². The van der Waals surface area contributed by atoms with E-state index in [1.165, 1.54) is 17.0 Å². The molecule has 2 aromatic heterocycles. The standard InChI is InChI=1S/C17H12Cl2N2O2S2/c18-8-5-6-9(11(19)7-8)15(22)21-16(23)13-10-3-1-2-4-12(10)25-14(13)20-17(21)24/h5-7H,1-4H2,(H,20,24). The number of aromatic amines is 1. The van der Waals surface area contributed by atoms with Crippen LogP contribution in [0.25, 0.3) is 10.2 Å². The molecule has 0 bridgehead atoms. The molecule has 0 atom stereocenters. The number of H-pyrrole nitrogens is 1. The maximum absolute atomic E-state index is 13.1. The Hall–Kier alpha value is -1.47. The van der Waals surface area contributed by atoms with Crippen molar-refractivity contribution in [1.82, 2.24) is 9.55 Å². The number of fused-ring (bicyclic) bond motifs is 3. The van der Waals surface area contributed by atoms with Gasteiger partial charge in [0.2, 0.25) is 0 Å². The lowest BCUT2D eigenvalue weighted by Crippen LogP contribution is -2.29. The molecule has 0 amide bonds. The van der Waals surface area contributed by atoms with Crippen LogP contribution >= 0.6 is 46.8 Å². The zero-order valence-corrected chi connectivity index (χ0v) is 16.0. The number of nitrogens with zero attached hydrogens (tertiary/aromatic N) is 1. The van der Waals surface area contributed by atoms with Crippen LogP contribution in [0.2, 0.25) is 10.0 Å². The number of aromatic nitrogens is 2. The summed E-state index contributed by atoms with van der Waals surface area (Å²) in [5, 5.41) is 1.18. The molecule has 3 aromatic rings. The largest absolute Gasteiger partial charge is 0.323 e. The fourth-order valence-electron chi connectivity index (χ4n) is 3.21. The number of hydrogen-bond donors (Lipinski definition) is 1. The van der Waals surface area contributed by atoms with Gasteiger partial charge in [-0.05, 0) is 61.7 Å². The van der Waals surface area contributed by atoms with Gasteiger partial charge in [-0.15, -0.1) is 11.3 Å². The number of aryl methyl sites for hydroxylation is 2. The van der Waals surface area contributed by atoms with Crippen molar-refractivity contribution in [3.8, 4) is 0 Å². The first kappa shape index (κ1) is 17.0. The highest BCUT2D eigenvalue weighted by Crippen LogP contribution is 2.33. The van der Waals surface area contributed by atoms with Crippen LogP contribution in [0.1, 0.15) is 33.6 Å². The maximum atomic E-state index is 13.1. The fourth-order valence-corrected chi connectivity index (χ4v) is 5.31. The van der Waals surface area contributed by atoms with Crippen LogP contribution in [-0.4, -0.2) is 15.5 Å². The third-order valence-electron chi connectivity index (χ3n) is 4.38. The summed E-state index contributed by atoms with van der Waals surface area (Å²) < 4.78 is 1.07. The lowest BCUT2D eigenvalue weighted by Gasteiger charge is -2.11. The monoisotopic (exact) mass is 410 g/mol. The molecule has 0 unspecified atom stereocenters. The minimum Gasteiger partial charge on any atom is -0.323 e. The zero-order valence-electron chi connectivity index (χ0n) is 12.9. The highest BCUT2D eigenvalue weighted by Gasteiger charge is 2.23. The van der Waals surface area contributed by atoms with Gasteiger partial charge < -0.3 is 4.98 Å². The van der Waals surface area contributed by atoms with Gasteiger partial charge in [0.05, 0.1) is 16.0 Å². The van der Waals surface area contributed by atoms with E-state index in [4.69, 9.17) is 35.4 Å². The van der Waals surface area contributed by atoms with Crippen molar-refractivity contribution in [3.05, 3.63) is 59.4 Å². The highest BCUT2D eigenvalue weighted by atomic mass is 35.5. The third-order valence-corrected chi connectivity index (χ3v) is 6.42. The number of carbonyl (C=O) groups is 1. The Bertz CT molecular complexity index is 1140. The van der Waals surface area contributed by atoms with E-state index in [9.17, 15) is 9.59 Å². The second kappa shape index (κ2) is 6.36. The van der Waals surface area contributed by atoms with Crippen LogP contribution in [0.3, 0.4) is 0 Å². The number of halogens is 2. The van der Waals surface area contributed by atoms with E-state index in [0.29, 0.717) is 10.4 Å². The number of rotatable bonds is 1. The van der Waals surface area contributed by atoms with Crippen LogP contribution in [0.5, 0.6) is 0 Å². The highest BCUT2D eigenvalue weighted by molar-refractivity contribution is 7.71. The molecule has 128 valence electrons. The average molecular weight is 411 g/mol. The van der Waals surface area contributed by atoms with Gasteiger partial charge >= 0.3 is 0 Å². The first-order chi connectivity index (χ1) is 12.0. The van der Waals surface area contributed by atoms with Crippen LogP contribution in [0.4, 0.5) is 0 Å². The Labute approximate surface area is 162 Å². The molecule has 0 saturated heterocycles. The molecule has 4 rings (SSSR count). The fraction of sp³-hybridized carbons (Fsp3) is 0.235. The molecule has 1 aromatic carbocycles. The molecular formula is C17H12Cl2N2O2S2. The molecule has 1 N–H and O–H groups in total. The van der Waals surface area contributed by atoms with Gasteiger partial charge in [-0.25, -0.2) is 4.57 Å². The summed E-state index contributed by atoms with van der Waals surface area (Å²) in [6.07, 6.45) is 3.98. The molecular weight excluding hydrogens is 399 g/mol. The van der Waals surface area contributed by atoms with Gasteiger partial charge in [0, 0.05) is 9.90 Å². The molecule has 0 spiro atoms. The molecule has 1 aliphatic rings. The number of benzene rings is 1. The summed E-state index contributed by atoms with van der Waals surface area (Å²) in [6.45, 7) is 0. The van der Waals surface area contributed by atoms with Gasteiger partial charge in [0.1, 0.15) is 4.83 Å². The van der Waals surface area contributed by atoms with Gasteiger partial charge in [-0.1, -0.05) is 23.2 Å². The molecule has 4 nitrogen and oxygen atoms in total. The normalized spacial score (nSPS) is 13.8. The summed E-state index contributed by atoms with van der Waals surface area (Å²) in [7, 11) is 0. The lowest BCUT2D eigenvalue weighted by molar-refractivity contribution is 0.0954. The number of hydrogen-bond acceptors (Lipinski definition) is 4. The van der Waals surface area contributed by atoms with Crippen molar-refractivity contribution < 1.29 is 4.79 Å². The summed E-state index contributed by atoms with van der Waals surface area (Å²) >= 11 is 18.8. The van der Waals surface area contributed by atoms with Crippen molar-refractivity contribution in [2.45, 2.75) is 25.7 Å². The Morgan fingerprint density at radius 3 is 2.76 bits per heavy atom. The van der Waals surface area contributed by atoms with E-state index < -0.39 is 5.91 Å². The van der Waals surface area contributed by atoms with Crippen molar-refractivity contribution in [2.24, 2.45) is 0 Å². The smallest absolute Gasteiger partial charge is 0.270 e. The Morgan fingerprint density at radius 2 is 2.00 bits per heavy atom. The number of carbonyl (C=O) groups excluding carboxylic acids is 1. The van der Waals surface area contributed by atoms with Gasteiger partial charge in [0.15, 0.2) is 4.77 Å². The van der Waals surface area contributed by atoms with Gasteiger partial charge in [-0.3, -0.25) is 9.59 Å². The molecule has 25 heavy (non-hydrogen) atoms. The van der Waals surface area contributed by atoms with E-state index in [0.717, 1.165) is 40.6 Å². The predicted octanol–water partition coefficient (Wildman–Crippen LogP) is 4.99. The number of nitrogens with one attached hydrogen (secondary N) is 1. The van der Waals surface area contributed by atoms with Crippen LogP contribution in [-0.2, 0) is 12.8 Å². The average Bonchev–Trinajstić information content (AvgIpc) is 2.92. The zero-order chi connectivity index (χ0) is 17.7. The van der Waals surface area contributed by atoms with Crippen LogP contribution < -0.4 is 5.56 Å². The topological polar surface area (TPSA) is 54.9 Å². The molecule has 1 aliphatic carbocycles. The van der Waals surface area contributed by atoms with Gasteiger partial charge in [0.25, 0.3) is 11.5 Å². The SMILES string of the molecule is O=C(c1ccc(Cl)cc1Cl)n1c(=S)[nH]c2sc3c(c2c1=O)CCCC3. The van der Waals surface area contributed by atoms with E-state index in [1.54, 1.807) is 17.4 Å². The molecule has 0 fully saturated rings. The first-order valence-electron chi connectivity index (χ1n) is 7.76. The molecule has 8 heteroatoms. The van der Waals surface area contributed by atoms with Crippen LogP contribution in [0, 0.1) is 4.77 Å². The Balaban J connectivity index is 1.97. The molecule has 0 saturated carbocycles. The van der Waals surface area contributed by atoms with Crippen molar-refractivity contribution in [1.29, 1.82) is 0 Å². The van der Waals surface area contributed by atoms with E-state index in [1.807, 2.05) is 0 Å². The maximum Gasteiger partial charge on any atom is 0.270 e. The molecule has 0 aliphatic heterocycles. The number of thiophene rings is 1. The summed E-state index contributed by atoms with van der Waals surface area (Å²) in [6, 6.07) is 4.53. The van der Waals surface area contributed by atoms with Crippen molar-refractivity contribution in [3.63, 3.8) is 0 Å². The quantitative estimate of drug-likeness (QED) is 0.574. The molecule has 0 radical (unpaired) electrons. The van der Waals surface area contributed by atoms with Gasteiger partial charge in [-0.2, -0.15) is 0 Å². The minimum atomic E-state index is -0.550. The van der Waals surface area contributed by atoms with Crippen molar-refractivity contribution in [2.75, 3.05) is 0 Å². The van der Waals surface area contributed by atoms with E-state index >= 15 is 0 Å². The second-order valence-electron chi connectivity index (χ2n) is 5.92. The van der Waals surface area contributed by atoms with Crippen LogP contribution in [0.15, 0.2) is 23.0 Å². The Morgan fingerprint density at radius 1 is 1.24 bits per heavy atom. The summed E-state index contributed by atoms with van der Waals surface area (Å²) in [5.74, 6) is -0.550. The van der Waals surface area contributed by atoms with E-state index in [-0.39, 0.29) is 20.9 Å². The lowest BCUT2D eigenvalue weighted by atomic mass is 9.97. The Kier molecular flexibility index (Phi) is 4.32. The predicted molar refractivity (Wildman–Crippen MR) is 104 cm³/mol. The second-order valence-corrected chi connectivity index (χ2v) is 8.25. The summed E-state index contributed by atoms with van der Waals surface area (Å²) in [4.78, 5) is 31.0. The summed E-state index contributed by atoms with van der Waals surface area (Å²) in [5.41, 5.74) is 0.858. The first-order valence-corrected chi connectivity index (χ1v) is 9.75. The third kappa shape index (κ3) is 2.77. The molecule has 2 heterocycles.